The van der Waals surface area contributed by atoms with E-state index in [0.717, 1.165) is 0 Å². The highest BCUT2D eigenvalue weighted by Gasteiger charge is 2.31. The zero-order valence-corrected chi connectivity index (χ0v) is 10.2. The number of alkyl halides is 3. The molecular weight excluding hydrogens is 275 g/mol. The normalized spacial score (nSPS) is 13.2. The Bertz CT molecular complexity index is 563. The van der Waals surface area contributed by atoms with Crippen molar-refractivity contribution >= 4 is 0 Å². The Balaban J connectivity index is 2.13. The minimum atomic E-state index is -4.72. The number of halogens is 3. The molecule has 1 heterocycles. The maximum Gasteiger partial charge on any atom is 0.573 e. The molecule has 4 nitrogen and oxygen atoms in total. The van der Waals surface area contributed by atoms with Gasteiger partial charge in [-0.3, -0.25) is 0 Å². The van der Waals surface area contributed by atoms with E-state index in [1.165, 1.54) is 24.3 Å². The van der Waals surface area contributed by atoms with Crippen molar-refractivity contribution in [3.63, 3.8) is 0 Å². The van der Waals surface area contributed by atoms with Crippen LogP contribution < -0.4 is 10.5 Å². The van der Waals surface area contributed by atoms with Gasteiger partial charge in [-0.25, -0.2) is 0 Å². The van der Waals surface area contributed by atoms with Gasteiger partial charge in [0, 0.05) is 0 Å². The molecule has 2 aromatic rings. The Morgan fingerprint density at radius 3 is 2.30 bits per heavy atom. The molecule has 3 N–H and O–H groups in total. The third kappa shape index (κ3) is 3.52. The summed E-state index contributed by atoms with van der Waals surface area (Å²) in [5.74, 6) is 0.468. The minimum absolute atomic E-state index is 0.245. The molecule has 0 bridgehead atoms. The number of hydrogen-bond acceptors (Lipinski definition) is 4. The second-order valence-corrected chi connectivity index (χ2v) is 4.06. The summed E-state index contributed by atoms with van der Waals surface area (Å²) in [6, 6.07) is 7.76. The van der Waals surface area contributed by atoms with Gasteiger partial charge in [-0.15, -0.1) is 13.2 Å². The molecule has 0 aliphatic carbocycles. The second kappa shape index (κ2) is 5.56. The quantitative estimate of drug-likeness (QED) is 0.907. The minimum Gasteiger partial charge on any atom is -0.462 e. The lowest BCUT2D eigenvalue weighted by Gasteiger charge is -2.12. The Hall–Kier alpha value is -1.99. The van der Waals surface area contributed by atoms with Gasteiger partial charge in [-0.05, 0) is 29.8 Å². The number of furan rings is 1. The summed E-state index contributed by atoms with van der Waals surface area (Å²) in [7, 11) is 0. The number of benzene rings is 1. The maximum absolute atomic E-state index is 12.0. The first kappa shape index (κ1) is 14.4. The van der Waals surface area contributed by atoms with Crippen LogP contribution in [0.1, 0.15) is 23.1 Å². The fourth-order valence-electron chi connectivity index (χ4n) is 1.69. The van der Waals surface area contributed by atoms with Crippen molar-refractivity contribution in [3.8, 4) is 5.75 Å². The molecule has 0 radical (unpaired) electrons. The third-order valence-corrected chi connectivity index (χ3v) is 2.62. The molecule has 0 aliphatic rings. The molecule has 0 fully saturated rings. The van der Waals surface area contributed by atoms with E-state index in [4.69, 9.17) is 15.3 Å². The van der Waals surface area contributed by atoms with Crippen LogP contribution in [0.15, 0.2) is 40.8 Å². The predicted octanol–water partition coefficient (Wildman–Crippen LogP) is 2.72. The van der Waals surface area contributed by atoms with E-state index in [9.17, 15) is 13.2 Å². The average molecular weight is 287 g/mol. The van der Waals surface area contributed by atoms with Gasteiger partial charge in [0.15, 0.2) is 0 Å². The number of aliphatic hydroxyl groups is 1. The summed E-state index contributed by atoms with van der Waals surface area (Å²) in [6.45, 7) is -0.245. The topological polar surface area (TPSA) is 68.6 Å². The van der Waals surface area contributed by atoms with Gasteiger partial charge in [0.05, 0.1) is 6.04 Å². The number of ether oxygens (including phenoxy) is 1. The van der Waals surface area contributed by atoms with E-state index >= 15 is 0 Å². The Labute approximate surface area is 112 Å². The van der Waals surface area contributed by atoms with Gasteiger partial charge >= 0.3 is 6.36 Å². The van der Waals surface area contributed by atoms with Crippen LogP contribution in [-0.4, -0.2) is 11.5 Å². The van der Waals surface area contributed by atoms with E-state index in [2.05, 4.69) is 4.74 Å². The van der Waals surface area contributed by atoms with Crippen molar-refractivity contribution in [2.45, 2.75) is 19.0 Å². The molecule has 2 rings (SSSR count). The van der Waals surface area contributed by atoms with E-state index < -0.39 is 12.4 Å². The van der Waals surface area contributed by atoms with Crippen LogP contribution in [0.4, 0.5) is 13.2 Å². The molecule has 0 unspecified atom stereocenters. The fourth-order valence-corrected chi connectivity index (χ4v) is 1.69. The molecule has 1 atom stereocenters. The first-order chi connectivity index (χ1) is 9.39. The van der Waals surface area contributed by atoms with Crippen LogP contribution in [0.3, 0.4) is 0 Å². The molecule has 0 saturated carbocycles. The number of nitrogens with two attached hydrogens (primary N) is 1. The highest BCUT2D eigenvalue weighted by Crippen LogP contribution is 2.26. The van der Waals surface area contributed by atoms with Crippen molar-refractivity contribution in [3.05, 3.63) is 53.5 Å². The summed E-state index contributed by atoms with van der Waals surface area (Å²) in [5, 5.41) is 8.89. The molecule has 20 heavy (non-hydrogen) atoms. The van der Waals surface area contributed by atoms with Gasteiger partial charge in [-0.2, -0.15) is 0 Å². The van der Waals surface area contributed by atoms with Gasteiger partial charge in [0.25, 0.3) is 0 Å². The summed E-state index contributed by atoms with van der Waals surface area (Å²) in [4.78, 5) is 0. The first-order valence-corrected chi connectivity index (χ1v) is 5.70. The molecule has 1 aromatic carbocycles. The molecule has 0 amide bonds. The third-order valence-electron chi connectivity index (χ3n) is 2.62. The highest BCUT2D eigenvalue weighted by molar-refractivity contribution is 5.32. The van der Waals surface area contributed by atoms with E-state index in [1.54, 1.807) is 12.1 Å². The zero-order valence-electron chi connectivity index (χ0n) is 10.2. The van der Waals surface area contributed by atoms with Crippen LogP contribution in [0.2, 0.25) is 0 Å². The van der Waals surface area contributed by atoms with Crippen molar-refractivity contribution in [2.75, 3.05) is 0 Å². The summed E-state index contributed by atoms with van der Waals surface area (Å²) in [5.41, 5.74) is 6.49. The van der Waals surface area contributed by atoms with Crippen LogP contribution in [0, 0.1) is 0 Å². The van der Waals surface area contributed by atoms with E-state index in [1.807, 2.05) is 0 Å². The number of rotatable bonds is 4. The zero-order chi connectivity index (χ0) is 14.8. The van der Waals surface area contributed by atoms with Crippen molar-refractivity contribution in [1.82, 2.24) is 0 Å². The van der Waals surface area contributed by atoms with Crippen molar-refractivity contribution in [2.24, 2.45) is 5.73 Å². The standard InChI is InChI=1S/C13H12F3NO3/c14-13(15,16)20-9-3-1-8(2-4-9)12(17)11-6-5-10(7-18)19-11/h1-6,12,18H,7,17H2/t12-/m0/s1. The highest BCUT2D eigenvalue weighted by atomic mass is 19.4. The van der Waals surface area contributed by atoms with E-state index in [-0.39, 0.29) is 12.4 Å². The molecule has 0 saturated heterocycles. The Kier molecular flexibility index (Phi) is 4.01. The van der Waals surface area contributed by atoms with Gasteiger partial charge < -0.3 is 20.0 Å². The average Bonchev–Trinajstić information content (AvgIpc) is 2.85. The number of hydrogen-bond donors (Lipinski definition) is 2. The Morgan fingerprint density at radius 2 is 1.80 bits per heavy atom. The van der Waals surface area contributed by atoms with Crippen LogP contribution in [-0.2, 0) is 6.61 Å². The molecule has 0 aliphatic heterocycles. The Morgan fingerprint density at radius 1 is 1.15 bits per heavy atom. The summed E-state index contributed by atoms with van der Waals surface area (Å²) < 4.78 is 45.1. The van der Waals surface area contributed by atoms with Crippen molar-refractivity contribution in [1.29, 1.82) is 0 Å². The largest absolute Gasteiger partial charge is 0.573 e. The lowest BCUT2D eigenvalue weighted by atomic mass is 10.1. The molecule has 7 heteroatoms. The van der Waals surface area contributed by atoms with Gasteiger partial charge in [0.2, 0.25) is 0 Å². The summed E-state index contributed by atoms with van der Waals surface area (Å²) >= 11 is 0. The molecule has 108 valence electrons. The monoisotopic (exact) mass is 287 g/mol. The van der Waals surface area contributed by atoms with Crippen LogP contribution in [0.5, 0.6) is 5.75 Å². The lowest BCUT2D eigenvalue weighted by molar-refractivity contribution is -0.274. The van der Waals surface area contributed by atoms with Crippen LogP contribution in [0.25, 0.3) is 0 Å². The predicted molar refractivity (Wildman–Crippen MR) is 63.8 cm³/mol. The second-order valence-electron chi connectivity index (χ2n) is 4.06. The molecule has 1 aromatic heterocycles. The molecular formula is C13H12F3NO3. The van der Waals surface area contributed by atoms with Crippen LogP contribution >= 0.6 is 0 Å². The smallest absolute Gasteiger partial charge is 0.462 e. The first-order valence-electron chi connectivity index (χ1n) is 5.70. The molecule has 0 spiro atoms. The summed E-state index contributed by atoms with van der Waals surface area (Å²) in [6.07, 6.45) is -4.72. The lowest BCUT2D eigenvalue weighted by Crippen LogP contribution is -2.17. The van der Waals surface area contributed by atoms with Gasteiger partial charge in [0.1, 0.15) is 23.9 Å². The number of aliphatic hydroxyl groups excluding tert-OH is 1. The maximum atomic E-state index is 12.0. The van der Waals surface area contributed by atoms with Gasteiger partial charge in [-0.1, -0.05) is 12.1 Å². The SMILES string of the molecule is N[C@@H](c1ccc(OC(F)(F)F)cc1)c1ccc(CO)o1. The van der Waals surface area contributed by atoms with Crippen molar-refractivity contribution < 1.29 is 27.4 Å². The van der Waals surface area contributed by atoms with E-state index in [0.29, 0.717) is 17.1 Å². The fraction of sp³-hybridized carbons (Fsp3) is 0.231.